The van der Waals surface area contributed by atoms with Crippen molar-refractivity contribution in [2.45, 2.75) is 24.4 Å². The van der Waals surface area contributed by atoms with Gasteiger partial charge in [-0.1, -0.05) is 0 Å². The van der Waals surface area contributed by atoms with Gasteiger partial charge in [-0.15, -0.1) is 0 Å². The molecular formula is C6H13O9P. The lowest BCUT2D eigenvalue weighted by atomic mass is 10.0. The van der Waals surface area contributed by atoms with Gasteiger partial charge in [-0.3, -0.25) is 4.52 Å². The highest BCUT2D eigenvalue weighted by atomic mass is 31.2. The minimum absolute atomic E-state index is 0.106. The smallest absolute Gasteiger partial charge is 0.394 e. The van der Waals surface area contributed by atoms with Crippen LogP contribution in [0.2, 0.25) is 0 Å². The van der Waals surface area contributed by atoms with E-state index in [4.69, 9.17) is 25.1 Å². The van der Waals surface area contributed by atoms with Crippen molar-refractivity contribution in [2.75, 3.05) is 6.61 Å². The van der Waals surface area contributed by atoms with Crippen LogP contribution in [0.3, 0.4) is 0 Å². The summed E-state index contributed by atoms with van der Waals surface area (Å²) in [5.74, 6) is 0. The minimum atomic E-state index is -5.05. The Labute approximate surface area is 90.2 Å². The quantitative estimate of drug-likeness (QED) is 0.203. The summed E-state index contributed by atoms with van der Waals surface area (Å²) in [6.45, 7) is -0.979. The average molecular weight is 260 g/mol. The van der Waals surface area contributed by atoms with Gasteiger partial charge in [0.25, 0.3) is 0 Å². The van der Waals surface area contributed by atoms with E-state index in [2.05, 4.69) is 4.52 Å². The fourth-order valence-electron chi connectivity index (χ4n) is 0.897. The number of hydrogen-bond donors (Lipinski definition) is 6. The summed E-state index contributed by atoms with van der Waals surface area (Å²) in [5, 5.41) is 35.7. The first-order valence-corrected chi connectivity index (χ1v) is 5.60. The minimum Gasteiger partial charge on any atom is -0.394 e. The second kappa shape index (κ2) is 6.38. The SMILES string of the molecule is O=C[C@H](O)[C@@H](O)[C@H](OP(=O)(O)O)[C@H](O)CO. The van der Waals surface area contributed by atoms with Crippen molar-refractivity contribution in [3.8, 4) is 0 Å². The molecule has 96 valence electrons. The maximum Gasteiger partial charge on any atom is 0.470 e. The van der Waals surface area contributed by atoms with Crippen LogP contribution in [-0.2, 0) is 13.9 Å². The van der Waals surface area contributed by atoms with Crippen LogP contribution in [-0.4, -0.2) is 67.5 Å². The number of aliphatic hydroxyl groups is 4. The molecule has 4 atom stereocenters. The van der Waals surface area contributed by atoms with Crippen LogP contribution in [0.15, 0.2) is 0 Å². The van der Waals surface area contributed by atoms with E-state index in [1.54, 1.807) is 0 Å². The third kappa shape index (κ3) is 5.10. The Morgan fingerprint density at radius 2 is 1.75 bits per heavy atom. The van der Waals surface area contributed by atoms with Gasteiger partial charge < -0.3 is 35.0 Å². The van der Waals surface area contributed by atoms with E-state index in [0.29, 0.717) is 0 Å². The summed E-state index contributed by atoms with van der Waals surface area (Å²) in [6.07, 6.45) is -8.04. The molecule has 0 bridgehead atoms. The summed E-state index contributed by atoms with van der Waals surface area (Å²) < 4.78 is 14.4. The molecule has 0 aromatic carbocycles. The van der Waals surface area contributed by atoms with Crippen LogP contribution in [0.5, 0.6) is 0 Å². The Balaban J connectivity index is 4.79. The lowest BCUT2D eigenvalue weighted by Crippen LogP contribution is -2.47. The molecule has 6 N–H and O–H groups in total. The molecule has 0 saturated heterocycles. The Kier molecular flexibility index (Phi) is 6.23. The van der Waals surface area contributed by atoms with E-state index >= 15 is 0 Å². The molecule has 0 aromatic heterocycles. The number of rotatable bonds is 7. The molecule has 10 heteroatoms. The van der Waals surface area contributed by atoms with Crippen molar-refractivity contribution in [3.05, 3.63) is 0 Å². The van der Waals surface area contributed by atoms with Crippen LogP contribution < -0.4 is 0 Å². The zero-order chi connectivity index (χ0) is 12.9. The predicted molar refractivity (Wildman–Crippen MR) is 48.1 cm³/mol. The second-order valence-electron chi connectivity index (χ2n) is 2.93. The van der Waals surface area contributed by atoms with Crippen molar-refractivity contribution >= 4 is 14.1 Å². The van der Waals surface area contributed by atoms with Crippen molar-refractivity contribution in [2.24, 2.45) is 0 Å². The molecule has 0 amide bonds. The Morgan fingerprint density at radius 1 is 1.25 bits per heavy atom. The predicted octanol–water partition coefficient (Wildman–Crippen LogP) is -3.26. The third-order valence-electron chi connectivity index (χ3n) is 1.65. The number of hydrogen-bond acceptors (Lipinski definition) is 7. The average Bonchev–Trinajstić information content (AvgIpc) is 2.21. The lowest BCUT2D eigenvalue weighted by molar-refractivity contribution is -0.134. The van der Waals surface area contributed by atoms with Crippen LogP contribution in [0.4, 0.5) is 0 Å². The van der Waals surface area contributed by atoms with Crippen LogP contribution in [0.25, 0.3) is 0 Å². The lowest BCUT2D eigenvalue weighted by Gasteiger charge is -2.27. The van der Waals surface area contributed by atoms with Gasteiger partial charge in [-0.25, -0.2) is 4.57 Å². The normalized spacial score (nSPS) is 19.9. The molecule has 0 spiro atoms. The van der Waals surface area contributed by atoms with Gasteiger partial charge in [-0.05, 0) is 0 Å². The van der Waals surface area contributed by atoms with E-state index in [-0.39, 0.29) is 6.29 Å². The molecule has 0 aliphatic carbocycles. The Bertz CT molecular complexity index is 263. The fourth-order valence-corrected chi connectivity index (χ4v) is 1.48. The summed E-state index contributed by atoms with van der Waals surface area (Å²) in [5.41, 5.74) is 0. The van der Waals surface area contributed by atoms with Crippen molar-refractivity contribution < 1.29 is 44.1 Å². The van der Waals surface area contributed by atoms with Gasteiger partial charge in [0.15, 0.2) is 6.29 Å². The molecule has 0 aromatic rings. The number of aliphatic hydroxyl groups excluding tert-OH is 4. The van der Waals surface area contributed by atoms with Gasteiger partial charge in [0, 0.05) is 0 Å². The zero-order valence-electron chi connectivity index (χ0n) is 7.95. The molecule has 9 nitrogen and oxygen atoms in total. The van der Waals surface area contributed by atoms with Crippen molar-refractivity contribution in [3.63, 3.8) is 0 Å². The highest BCUT2D eigenvalue weighted by Gasteiger charge is 2.37. The number of carbonyl (C=O) groups is 1. The van der Waals surface area contributed by atoms with Crippen LogP contribution in [0.1, 0.15) is 0 Å². The molecule has 16 heavy (non-hydrogen) atoms. The summed E-state index contributed by atoms with van der Waals surface area (Å²) in [6, 6.07) is 0. The van der Waals surface area contributed by atoms with E-state index < -0.39 is 38.8 Å². The topological polar surface area (TPSA) is 165 Å². The fraction of sp³-hybridized carbons (Fsp3) is 0.833. The molecule has 0 heterocycles. The summed E-state index contributed by atoms with van der Waals surface area (Å²) in [4.78, 5) is 27.0. The van der Waals surface area contributed by atoms with Gasteiger partial charge in [0.1, 0.15) is 24.4 Å². The molecule has 0 aliphatic heterocycles. The highest BCUT2D eigenvalue weighted by molar-refractivity contribution is 7.46. The van der Waals surface area contributed by atoms with E-state index in [0.717, 1.165) is 0 Å². The summed E-state index contributed by atoms with van der Waals surface area (Å²) in [7, 11) is -5.05. The maximum absolute atomic E-state index is 10.5. The molecule has 0 unspecified atom stereocenters. The standard InChI is InChI=1S/C6H13O9P/c7-1-3(9)5(11)6(4(10)2-8)15-16(12,13)14/h1,3-6,8-11H,2H2,(H2,12,13,14)/t3-,4+,5+,6+/m0/s1. The second-order valence-corrected chi connectivity index (χ2v) is 4.12. The first kappa shape index (κ1) is 15.6. The Morgan fingerprint density at radius 3 is 2.06 bits per heavy atom. The molecule has 0 rings (SSSR count). The largest absolute Gasteiger partial charge is 0.470 e. The summed E-state index contributed by atoms with van der Waals surface area (Å²) >= 11 is 0. The number of phosphoric ester groups is 1. The number of phosphoric acid groups is 1. The molecule has 0 saturated carbocycles. The van der Waals surface area contributed by atoms with Crippen molar-refractivity contribution in [1.82, 2.24) is 0 Å². The number of aldehydes is 1. The van der Waals surface area contributed by atoms with Gasteiger partial charge >= 0.3 is 7.82 Å². The van der Waals surface area contributed by atoms with E-state index in [1.807, 2.05) is 0 Å². The zero-order valence-corrected chi connectivity index (χ0v) is 8.84. The molecular weight excluding hydrogens is 247 g/mol. The maximum atomic E-state index is 10.5. The Hall–Kier alpha value is -0.380. The highest BCUT2D eigenvalue weighted by Crippen LogP contribution is 2.39. The molecule has 0 radical (unpaired) electrons. The van der Waals surface area contributed by atoms with Crippen LogP contribution >= 0.6 is 7.82 Å². The van der Waals surface area contributed by atoms with E-state index in [9.17, 15) is 14.5 Å². The number of carbonyl (C=O) groups excluding carboxylic acids is 1. The van der Waals surface area contributed by atoms with Gasteiger partial charge in [0.05, 0.1) is 6.61 Å². The molecule has 0 aliphatic rings. The first-order chi connectivity index (χ1) is 7.22. The van der Waals surface area contributed by atoms with Crippen LogP contribution in [0, 0.1) is 0 Å². The molecule has 0 fully saturated rings. The monoisotopic (exact) mass is 260 g/mol. The van der Waals surface area contributed by atoms with Gasteiger partial charge in [-0.2, -0.15) is 0 Å². The van der Waals surface area contributed by atoms with Gasteiger partial charge in [0.2, 0.25) is 0 Å². The third-order valence-corrected chi connectivity index (χ3v) is 2.17. The van der Waals surface area contributed by atoms with Crippen molar-refractivity contribution in [1.29, 1.82) is 0 Å². The first-order valence-electron chi connectivity index (χ1n) is 4.07. The van der Waals surface area contributed by atoms with E-state index in [1.165, 1.54) is 0 Å².